The highest BCUT2D eigenvalue weighted by Gasteiger charge is 2.31. The van der Waals surface area contributed by atoms with Crippen LogP contribution in [0.4, 0.5) is 0 Å². The fourth-order valence-corrected chi connectivity index (χ4v) is 1.56. The van der Waals surface area contributed by atoms with Crippen LogP contribution in [0, 0.1) is 11.3 Å². The number of nitrogens with two attached hydrogens (primary N) is 1. The van der Waals surface area contributed by atoms with Gasteiger partial charge in [-0.15, -0.1) is 0 Å². The minimum Gasteiger partial charge on any atom is -0.469 e. The number of hydrogen-bond acceptors (Lipinski definition) is 4. The number of hydrogen-bond donors (Lipinski definition) is 1. The molecule has 0 aromatic carbocycles. The van der Waals surface area contributed by atoms with Crippen molar-refractivity contribution < 1.29 is 14.3 Å². The lowest BCUT2D eigenvalue weighted by atomic mass is 9.91. The van der Waals surface area contributed by atoms with Gasteiger partial charge in [0.2, 0.25) is 5.91 Å². The van der Waals surface area contributed by atoms with Gasteiger partial charge in [-0.3, -0.25) is 9.59 Å². The molecular formula is C13H26N2O3. The number of ether oxygens (including phenoxy) is 1. The Kier molecular flexibility index (Phi) is 6.91. The molecule has 0 saturated heterocycles. The summed E-state index contributed by atoms with van der Waals surface area (Å²) in [6, 6.07) is 0. The summed E-state index contributed by atoms with van der Waals surface area (Å²) in [4.78, 5) is 25.2. The molecular weight excluding hydrogens is 232 g/mol. The summed E-state index contributed by atoms with van der Waals surface area (Å²) >= 11 is 0. The molecule has 5 heteroatoms. The van der Waals surface area contributed by atoms with Gasteiger partial charge in [0.15, 0.2) is 0 Å². The summed E-state index contributed by atoms with van der Waals surface area (Å²) in [5.74, 6) is 0.0323. The first kappa shape index (κ1) is 16.9. The zero-order chi connectivity index (χ0) is 14.3. The maximum atomic E-state index is 12.3. The molecule has 0 fully saturated rings. The van der Waals surface area contributed by atoms with Crippen LogP contribution in [0.5, 0.6) is 0 Å². The van der Waals surface area contributed by atoms with Crippen molar-refractivity contribution in [2.45, 2.75) is 34.1 Å². The standard InChI is InChI=1S/C13H26N2O3/c1-10(2)8-15(7-6-11(16)18-5)12(17)13(3,4)9-14/h10H,6-9,14H2,1-5H3. The topological polar surface area (TPSA) is 72.6 Å². The predicted molar refractivity (Wildman–Crippen MR) is 70.9 cm³/mol. The molecule has 0 atom stereocenters. The van der Waals surface area contributed by atoms with Crippen molar-refractivity contribution in [2.75, 3.05) is 26.7 Å². The molecule has 2 N–H and O–H groups in total. The van der Waals surface area contributed by atoms with E-state index in [4.69, 9.17) is 5.73 Å². The third-order valence-electron chi connectivity index (χ3n) is 2.78. The number of esters is 1. The predicted octanol–water partition coefficient (Wildman–Crippen LogP) is 1.02. The van der Waals surface area contributed by atoms with Crippen LogP contribution in [0.25, 0.3) is 0 Å². The number of carbonyl (C=O) groups excluding carboxylic acids is 2. The summed E-state index contributed by atoms with van der Waals surface area (Å²) in [5, 5.41) is 0. The smallest absolute Gasteiger partial charge is 0.307 e. The van der Waals surface area contributed by atoms with Crippen LogP contribution in [0.1, 0.15) is 34.1 Å². The van der Waals surface area contributed by atoms with Crippen molar-refractivity contribution in [3.8, 4) is 0 Å². The summed E-state index contributed by atoms with van der Waals surface area (Å²) in [6.07, 6.45) is 0.218. The summed E-state index contributed by atoms with van der Waals surface area (Å²) in [6.45, 7) is 9.01. The monoisotopic (exact) mass is 258 g/mol. The fourth-order valence-electron chi connectivity index (χ4n) is 1.56. The van der Waals surface area contributed by atoms with Gasteiger partial charge in [0.1, 0.15) is 0 Å². The Bertz CT molecular complexity index is 288. The van der Waals surface area contributed by atoms with Crippen molar-refractivity contribution in [3.05, 3.63) is 0 Å². The molecule has 0 rings (SSSR count). The molecule has 106 valence electrons. The van der Waals surface area contributed by atoms with Crippen LogP contribution < -0.4 is 5.73 Å². The number of carbonyl (C=O) groups is 2. The average Bonchev–Trinajstić information content (AvgIpc) is 2.32. The van der Waals surface area contributed by atoms with Gasteiger partial charge >= 0.3 is 5.97 Å². The Morgan fingerprint density at radius 2 is 1.89 bits per heavy atom. The molecule has 0 aliphatic carbocycles. The van der Waals surface area contributed by atoms with Gasteiger partial charge < -0.3 is 15.4 Å². The minimum absolute atomic E-state index is 0.0115. The van der Waals surface area contributed by atoms with Gasteiger partial charge in [-0.2, -0.15) is 0 Å². The van der Waals surface area contributed by atoms with E-state index in [0.29, 0.717) is 25.6 Å². The third kappa shape index (κ3) is 5.49. The first-order chi connectivity index (χ1) is 8.24. The van der Waals surface area contributed by atoms with Gasteiger partial charge in [-0.05, 0) is 19.8 Å². The van der Waals surface area contributed by atoms with Crippen molar-refractivity contribution in [2.24, 2.45) is 17.1 Å². The van der Waals surface area contributed by atoms with Crippen LogP contribution in [0.3, 0.4) is 0 Å². The van der Waals surface area contributed by atoms with Crippen LogP contribution in [0.15, 0.2) is 0 Å². The van der Waals surface area contributed by atoms with E-state index in [0.717, 1.165) is 0 Å². The van der Waals surface area contributed by atoms with Crippen molar-refractivity contribution in [1.29, 1.82) is 0 Å². The molecule has 18 heavy (non-hydrogen) atoms. The second-order valence-corrected chi connectivity index (χ2v) is 5.56. The van der Waals surface area contributed by atoms with Crippen molar-refractivity contribution in [1.82, 2.24) is 4.90 Å². The number of nitrogens with zero attached hydrogens (tertiary/aromatic N) is 1. The summed E-state index contributed by atoms with van der Waals surface area (Å²) in [5.41, 5.74) is 5.03. The lowest BCUT2D eigenvalue weighted by Gasteiger charge is -2.32. The molecule has 0 spiro atoms. The fraction of sp³-hybridized carbons (Fsp3) is 0.846. The van der Waals surface area contributed by atoms with Gasteiger partial charge in [-0.25, -0.2) is 0 Å². The van der Waals surface area contributed by atoms with Gasteiger partial charge in [0.25, 0.3) is 0 Å². The highest BCUT2D eigenvalue weighted by Crippen LogP contribution is 2.18. The Labute approximate surface area is 110 Å². The Hall–Kier alpha value is -1.10. The number of amides is 1. The molecule has 1 amide bonds. The summed E-state index contributed by atoms with van der Waals surface area (Å²) < 4.78 is 4.60. The quantitative estimate of drug-likeness (QED) is 0.692. The van der Waals surface area contributed by atoms with E-state index in [-0.39, 0.29) is 18.3 Å². The van der Waals surface area contributed by atoms with E-state index in [2.05, 4.69) is 4.74 Å². The first-order valence-corrected chi connectivity index (χ1v) is 6.30. The largest absolute Gasteiger partial charge is 0.469 e. The number of methoxy groups -OCH3 is 1. The van der Waals surface area contributed by atoms with E-state index < -0.39 is 5.41 Å². The average molecular weight is 258 g/mol. The van der Waals surface area contributed by atoms with Gasteiger partial charge in [0.05, 0.1) is 18.9 Å². The number of rotatable bonds is 7. The van der Waals surface area contributed by atoms with Gasteiger partial charge in [0, 0.05) is 19.6 Å². The lowest BCUT2D eigenvalue weighted by molar-refractivity contribution is -0.144. The van der Waals surface area contributed by atoms with E-state index >= 15 is 0 Å². The Morgan fingerprint density at radius 3 is 2.28 bits per heavy atom. The van der Waals surface area contributed by atoms with Crippen molar-refractivity contribution in [3.63, 3.8) is 0 Å². The maximum absolute atomic E-state index is 12.3. The molecule has 0 aliphatic heterocycles. The Morgan fingerprint density at radius 1 is 1.33 bits per heavy atom. The molecule has 0 aliphatic rings. The highest BCUT2D eigenvalue weighted by molar-refractivity contribution is 5.82. The third-order valence-corrected chi connectivity index (χ3v) is 2.78. The van der Waals surface area contributed by atoms with E-state index in [1.165, 1.54) is 7.11 Å². The maximum Gasteiger partial charge on any atom is 0.307 e. The Balaban J connectivity index is 4.67. The lowest BCUT2D eigenvalue weighted by Crippen LogP contribution is -2.46. The molecule has 0 radical (unpaired) electrons. The van der Waals surface area contributed by atoms with E-state index in [1.54, 1.807) is 4.90 Å². The molecule has 0 saturated carbocycles. The van der Waals surface area contributed by atoms with E-state index in [1.807, 2.05) is 27.7 Å². The molecule has 5 nitrogen and oxygen atoms in total. The molecule has 0 aromatic rings. The summed E-state index contributed by atoms with van der Waals surface area (Å²) in [7, 11) is 1.35. The zero-order valence-corrected chi connectivity index (χ0v) is 12.2. The first-order valence-electron chi connectivity index (χ1n) is 6.30. The molecule has 0 bridgehead atoms. The van der Waals surface area contributed by atoms with Crippen LogP contribution >= 0.6 is 0 Å². The molecule has 0 aromatic heterocycles. The highest BCUT2D eigenvalue weighted by atomic mass is 16.5. The molecule has 0 heterocycles. The van der Waals surface area contributed by atoms with Gasteiger partial charge in [-0.1, -0.05) is 13.8 Å². The van der Waals surface area contributed by atoms with E-state index in [9.17, 15) is 9.59 Å². The second-order valence-electron chi connectivity index (χ2n) is 5.56. The normalized spacial score (nSPS) is 11.5. The van der Waals surface area contributed by atoms with Crippen LogP contribution in [-0.4, -0.2) is 43.5 Å². The molecule has 0 unspecified atom stereocenters. The van der Waals surface area contributed by atoms with Crippen LogP contribution in [-0.2, 0) is 14.3 Å². The van der Waals surface area contributed by atoms with Crippen molar-refractivity contribution >= 4 is 11.9 Å². The van der Waals surface area contributed by atoms with Crippen LogP contribution in [0.2, 0.25) is 0 Å². The zero-order valence-electron chi connectivity index (χ0n) is 12.2. The SMILES string of the molecule is COC(=O)CCN(CC(C)C)C(=O)C(C)(C)CN. The second kappa shape index (κ2) is 7.36. The minimum atomic E-state index is -0.592.